The fourth-order valence-corrected chi connectivity index (χ4v) is 3.96. The van der Waals surface area contributed by atoms with Crippen LogP contribution < -0.4 is 5.73 Å². The molecule has 1 unspecified atom stereocenters. The molecule has 2 aromatic rings. The molecular formula is C16H14N4O4S2. The van der Waals surface area contributed by atoms with Gasteiger partial charge in [-0.15, -0.1) is 0 Å². The van der Waals surface area contributed by atoms with Crippen molar-refractivity contribution in [3.63, 3.8) is 0 Å². The second-order valence-corrected chi connectivity index (χ2v) is 7.27. The predicted octanol–water partition coefficient (Wildman–Crippen LogP) is 1.10. The van der Waals surface area contributed by atoms with Gasteiger partial charge in [0.2, 0.25) is 5.91 Å². The van der Waals surface area contributed by atoms with Gasteiger partial charge in [0.1, 0.15) is 16.2 Å². The molecule has 0 saturated carbocycles. The maximum absolute atomic E-state index is 12.7. The molecule has 0 radical (unpaired) electrons. The molecule has 2 amide bonds. The maximum atomic E-state index is 12.7. The van der Waals surface area contributed by atoms with Crippen LogP contribution in [0.5, 0.6) is 0 Å². The number of hydrogen-bond donors (Lipinski definition) is 2. The van der Waals surface area contributed by atoms with Crippen molar-refractivity contribution in [2.45, 2.75) is 12.5 Å². The van der Waals surface area contributed by atoms with Gasteiger partial charge in [0.05, 0.1) is 22.4 Å². The highest BCUT2D eigenvalue weighted by Crippen LogP contribution is 2.34. The van der Waals surface area contributed by atoms with Gasteiger partial charge < -0.3 is 15.4 Å². The molecule has 1 aromatic carbocycles. The number of aromatic nitrogens is 2. The Morgan fingerprint density at radius 2 is 2.12 bits per heavy atom. The second kappa shape index (κ2) is 6.89. The lowest BCUT2D eigenvalue weighted by atomic mass is 10.1. The lowest BCUT2D eigenvalue weighted by Crippen LogP contribution is -2.46. The highest BCUT2D eigenvalue weighted by molar-refractivity contribution is 8.26. The van der Waals surface area contributed by atoms with Crippen LogP contribution in [0.15, 0.2) is 29.2 Å². The minimum Gasteiger partial charge on any atom is -0.480 e. The first-order valence-electron chi connectivity index (χ1n) is 7.49. The largest absolute Gasteiger partial charge is 0.480 e. The van der Waals surface area contributed by atoms with Crippen LogP contribution in [-0.2, 0) is 21.4 Å². The Morgan fingerprint density at radius 1 is 1.42 bits per heavy atom. The van der Waals surface area contributed by atoms with Gasteiger partial charge in [0, 0.05) is 13.1 Å². The molecule has 1 aliphatic rings. The van der Waals surface area contributed by atoms with Crippen molar-refractivity contribution in [1.29, 1.82) is 0 Å². The van der Waals surface area contributed by atoms with Crippen LogP contribution in [0, 0.1) is 0 Å². The SMILES string of the molecule is Cn1c(C=C2SC(=S)N(C(CC(N)=O)C(=O)O)C2=O)nc2ccccc21. The summed E-state index contributed by atoms with van der Waals surface area (Å²) in [7, 11) is 1.81. The van der Waals surface area contributed by atoms with Crippen molar-refractivity contribution >= 4 is 63.2 Å². The third kappa shape index (κ3) is 3.20. The van der Waals surface area contributed by atoms with E-state index in [4.69, 9.17) is 18.0 Å². The van der Waals surface area contributed by atoms with Crippen LogP contribution in [0.25, 0.3) is 17.1 Å². The van der Waals surface area contributed by atoms with E-state index in [0.717, 1.165) is 27.7 Å². The Hall–Kier alpha value is -2.72. The summed E-state index contributed by atoms with van der Waals surface area (Å²) in [4.78, 5) is 40.9. The van der Waals surface area contributed by atoms with Crippen LogP contribution in [-0.4, -0.2) is 47.7 Å². The van der Waals surface area contributed by atoms with Crippen LogP contribution in [0.1, 0.15) is 12.2 Å². The van der Waals surface area contributed by atoms with E-state index < -0.39 is 30.2 Å². The summed E-state index contributed by atoms with van der Waals surface area (Å²) >= 11 is 6.11. The number of nitrogens with zero attached hydrogens (tertiary/aromatic N) is 3. The first kappa shape index (κ1) is 18.1. The number of hydrogen-bond acceptors (Lipinski definition) is 6. The van der Waals surface area contributed by atoms with E-state index in [2.05, 4.69) is 4.98 Å². The van der Waals surface area contributed by atoms with Crippen molar-refractivity contribution in [3.05, 3.63) is 35.0 Å². The molecule has 0 aliphatic carbocycles. The molecule has 134 valence electrons. The number of carbonyl (C=O) groups excluding carboxylic acids is 2. The number of para-hydroxylation sites is 2. The third-order valence-corrected chi connectivity index (χ3v) is 5.23. The molecule has 10 heteroatoms. The molecular weight excluding hydrogens is 376 g/mol. The highest BCUT2D eigenvalue weighted by atomic mass is 32.2. The molecule has 0 spiro atoms. The van der Waals surface area contributed by atoms with Gasteiger partial charge in [-0.25, -0.2) is 9.78 Å². The number of carbonyl (C=O) groups is 3. The number of primary amides is 1. The monoisotopic (exact) mass is 390 g/mol. The highest BCUT2D eigenvalue weighted by Gasteiger charge is 2.41. The standard InChI is InChI=1S/C16H14N4O4S2/c1-19-9-5-3-2-4-8(9)18-13(19)7-11-14(22)20(16(25)26-11)10(15(23)24)6-12(17)21/h2-5,7,10H,6H2,1H3,(H2,17,21)(H,23,24). The number of nitrogens with two attached hydrogens (primary N) is 1. The van der Waals surface area contributed by atoms with Gasteiger partial charge in [0.15, 0.2) is 0 Å². The van der Waals surface area contributed by atoms with E-state index in [-0.39, 0.29) is 9.23 Å². The van der Waals surface area contributed by atoms with Crippen molar-refractivity contribution in [2.24, 2.45) is 12.8 Å². The fourth-order valence-electron chi connectivity index (χ4n) is 2.64. The molecule has 1 aromatic heterocycles. The normalized spacial score (nSPS) is 17.3. The Labute approximate surface area is 157 Å². The number of fused-ring (bicyclic) bond motifs is 1. The number of aliphatic carboxylic acids is 1. The lowest BCUT2D eigenvalue weighted by Gasteiger charge is -2.21. The number of amides is 2. The van der Waals surface area contributed by atoms with Crippen molar-refractivity contribution < 1.29 is 19.5 Å². The number of thioether (sulfide) groups is 1. The third-order valence-electron chi connectivity index (χ3n) is 3.90. The van der Waals surface area contributed by atoms with E-state index in [1.165, 1.54) is 0 Å². The minimum atomic E-state index is -1.42. The lowest BCUT2D eigenvalue weighted by molar-refractivity contribution is -0.146. The first-order chi connectivity index (χ1) is 12.3. The summed E-state index contributed by atoms with van der Waals surface area (Å²) in [6.45, 7) is 0. The number of rotatable bonds is 5. The smallest absolute Gasteiger partial charge is 0.327 e. The number of carboxylic acids is 1. The van der Waals surface area contributed by atoms with Gasteiger partial charge in [0.25, 0.3) is 5.91 Å². The van der Waals surface area contributed by atoms with Crippen molar-refractivity contribution in [1.82, 2.24) is 14.5 Å². The fraction of sp³-hybridized carbons (Fsp3) is 0.188. The zero-order valence-electron chi connectivity index (χ0n) is 13.6. The number of carboxylic acid groups (broad SMARTS) is 1. The minimum absolute atomic E-state index is 0.0636. The summed E-state index contributed by atoms with van der Waals surface area (Å²) < 4.78 is 1.88. The van der Waals surface area contributed by atoms with Crippen LogP contribution in [0.4, 0.5) is 0 Å². The summed E-state index contributed by atoms with van der Waals surface area (Å²) in [5.74, 6) is -2.22. The number of thiocarbonyl (C=S) groups is 1. The van der Waals surface area contributed by atoms with Gasteiger partial charge in [-0.1, -0.05) is 36.1 Å². The zero-order chi connectivity index (χ0) is 19.0. The van der Waals surface area contributed by atoms with E-state index in [1.807, 2.05) is 35.9 Å². The van der Waals surface area contributed by atoms with Gasteiger partial charge in [-0.2, -0.15) is 0 Å². The van der Waals surface area contributed by atoms with E-state index in [0.29, 0.717) is 5.82 Å². The van der Waals surface area contributed by atoms with E-state index in [1.54, 1.807) is 6.08 Å². The average molecular weight is 390 g/mol. The van der Waals surface area contributed by atoms with Crippen LogP contribution in [0.2, 0.25) is 0 Å². The van der Waals surface area contributed by atoms with Gasteiger partial charge in [-0.3, -0.25) is 14.5 Å². The molecule has 2 heterocycles. The Kier molecular flexibility index (Phi) is 4.79. The molecule has 26 heavy (non-hydrogen) atoms. The maximum Gasteiger partial charge on any atom is 0.327 e. The second-order valence-electron chi connectivity index (χ2n) is 5.59. The van der Waals surface area contributed by atoms with E-state index >= 15 is 0 Å². The molecule has 3 N–H and O–H groups in total. The van der Waals surface area contributed by atoms with Crippen LogP contribution >= 0.6 is 24.0 Å². The molecule has 1 saturated heterocycles. The van der Waals surface area contributed by atoms with Crippen LogP contribution in [0.3, 0.4) is 0 Å². The molecule has 1 fully saturated rings. The quantitative estimate of drug-likeness (QED) is 0.580. The summed E-state index contributed by atoms with van der Waals surface area (Å²) in [6, 6.07) is 6.07. The molecule has 3 rings (SSSR count). The average Bonchev–Trinajstić information content (AvgIpc) is 3.03. The van der Waals surface area contributed by atoms with E-state index in [9.17, 15) is 19.5 Å². The Balaban J connectivity index is 1.97. The molecule has 8 nitrogen and oxygen atoms in total. The topological polar surface area (TPSA) is 119 Å². The zero-order valence-corrected chi connectivity index (χ0v) is 15.2. The summed E-state index contributed by atoms with van der Waals surface area (Å²) in [5.41, 5.74) is 6.76. The van der Waals surface area contributed by atoms with Crippen molar-refractivity contribution in [2.75, 3.05) is 0 Å². The Bertz CT molecular complexity index is 982. The van der Waals surface area contributed by atoms with Gasteiger partial charge in [-0.05, 0) is 12.1 Å². The molecule has 1 atom stereocenters. The predicted molar refractivity (Wildman–Crippen MR) is 101 cm³/mol. The summed E-state index contributed by atoms with van der Waals surface area (Å²) in [6.07, 6.45) is 1.05. The molecule has 0 bridgehead atoms. The Morgan fingerprint density at radius 3 is 2.73 bits per heavy atom. The number of benzene rings is 1. The first-order valence-corrected chi connectivity index (χ1v) is 8.71. The number of aryl methyl sites for hydroxylation is 1. The molecule has 1 aliphatic heterocycles. The van der Waals surface area contributed by atoms with Crippen molar-refractivity contribution in [3.8, 4) is 0 Å². The number of imidazole rings is 1. The summed E-state index contributed by atoms with van der Waals surface area (Å²) in [5, 5.41) is 9.33. The van der Waals surface area contributed by atoms with Gasteiger partial charge >= 0.3 is 5.97 Å².